The monoisotopic (exact) mass is 616 g/mol. The molecule has 2 N–H and O–H groups in total. The minimum Gasteiger partial charge on any atom is -0.481 e. The van der Waals surface area contributed by atoms with Gasteiger partial charge in [0.25, 0.3) is 5.91 Å². The predicted octanol–water partition coefficient (Wildman–Crippen LogP) is 5.50. The molecule has 2 aliphatic rings. The van der Waals surface area contributed by atoms with Crippen molar-refractivity contribution in [1.82, 2.24) is 14.1 Å². The summed E-state index contributed by atoms with van der Waals surface area (Å²) in [5.41, 5.74) is 1.28. The quantitative estimate of drug-likeness (QED) is 0.272. The number of rotatable bonds is 11. The number of nitrogens with one attached hydrogen (secondary N) is 1. The lowest BCUT2D eigenvalue weighted by atomic mass is 9.87. The second-order valence-electron chi connectivity index (χ2n) is 10.9. The minimum absolute atomic E-state index is 0.0819. The van der Waals surface area contributed by atoms with Gasteiger partial charge in [0.15, 0.2) is 5.69 Å². The van der Waals surface area contributed by atoms with Gasteiger partial charge in [-0.05, 0) is 62.3 Å². The van der Waals surface area contributed by atoms with Crippen LogP contribution >= 0.6 is 23.5 Å². The Bertz CT molecular complexity index is 1480. The van der Waals surface area contributed by atoms with Gasteiger partial charge in [-0.25, -0.2) is 8.70 Å². The highest BCUT2D eigenvalue weighted by Crippen LogP contribution is 2.31. The molecule has 2 heterocycles. The predicted molar refractivity (Wildman–Crippen MR) is 160 cm³/mol. The van der Waals surface area contributed by atoms with E-state index in [-0.39, 0.29) is 58.0 Å². The summed E-state index contributed by atoms with van der Waals surface area (Å²) in [6, 6.07) is 10.0. The Morgan fingerprint density at radius 2 is 1.93 bits per heavy atom. The summed E-state index contributed by atoms with van der Waals surface area (Å²) in [5.74, 6) is -2.06. The number of para-hydroxylation sites is 1. The molecule has 1 amide bonds. The van der Waals surface area contributed by atoms with E-state index in [1.807, 2.05) is 18.2 Å². The summed E-state index contributed by atoms with van der Waals surface area (Å²) in [6.07, 6.45) is 4.75. The van der Waals surface area contributed by atoms with E-state index in [2.05, 4.69) is 14.7 Å². The smallest absolute Gasteiger partial charge is 0.306 e. The van der Waals surface area contributed by atoms with Crippen LogP contribution in [0.2, 0.25) is 5.02 Å². The van der Waals surface area contributed by atoms with E-state index in [4.69, 9.17) is 16.3 Å². The lowest BCUT2D eigenvalue weighted by Gasteiger charge is -2.29. The number of amides is 1. The number of hydrogen-bond acceptors (Lipinski definition) is 7. The molecule has 1 aliphatic carbocycles. The number of aryl methyl sites for hydroxylation is 1. The molecule has 1 aromatic heterocycles. The molecule has 1 saturated heterocycles. The Morgan fingerprint density at radius 3 is 2.69 bits per heavy atom. The normalized spacial score (nSPS) is 21.1. The molecule has 5 rings (SSSR count). The fourth-order valence-corrected chi connectivity index (χ4v) is 6.95. The molecule has 0 bridgehead atoms. The Kier molecular flexibility index (Phi) is 9.82. The first-order valence-electron chi connectivity index (χ1n) is 14.2. The molecule has 1 atom stereocenters. The van der Waals surface area contributed by atoms with Gasteiger partial charge in [0, 0.05) is 31.4 Å². The number of aliphatic carboxylic acids is 1. The van der Waals surface area contributed by atoms with Crippen LogP contribution in [-0.2, 0) is 27.8 Å². The molecule has 42 heavy (non-hydrogen) atoms. The second kappa shape index (κ2) is 13.5. The van der Waals surface area contributed by atoms with Crippen LogP contribution in [0.1, 0.15) is 54.6 Å². The van der Waals surface area contributed by atoms with E-state index in [1.54, 1.807) is 17.8 Å². The zero-order chi connectivity index (χ0) is 29.8. The third-order valence-electron chi connectivity index (χ3n) is 8.01. The largest absolute Gasteiger partial charge is 0.481 e. The third-order valence-corrected chi connectivity index (χ3v) is 9.58. The molecule has 1 aliphatic heterocycles. The highest BCUT2D eigenvalue weighted by Gasteiger charge is 2.30. The van der Waals surface area contributed by atoms with Gasteiger partial charge >= 0.3 is 5.97 Å². The number of hydrogen-bond donors (Lipinski definition) is 2. The first-order valence-corrected chi connectivity index (χ1v) is 15.5. The maximum Gasteiger partial charge on any atom is 0.306 e. The molecule has 0 unspecified atom stereocenters. The number of ketones is 1. The van der Waals surface area contributed by atoms with Gasteiger partial charge in [0.05, 0.1) is 40.6 Å². The Hall–Kier alpha value is -2.99. The Balaban J connectivity index is 1.11. The second-order valence-corrected chi connectivity index (χ2v) is 12.4. The van der Waals surface area contributed by atoms with E-state index in [9.17, 15) is 19.5 Å². The van der Waals surface area contributed by atoms with Crippen LogP contribution in [0, 0.1) is 11.7 Å². The summed E-state index contributed by atoms with van der Waals surface area (Å²) >= 11 is 7.82. The van der Waals surface area contributed by atoms with Gasteiger partial charge in [-0.1, -0.05) is 41.7 Å². The molecule has 12 heteroatoms. The number of halogens is 2. The van der Waals surface area contributed by atoms with Crippen molar-refractivity contribution >= 4 is 57.8 Å². The summed E-state index contributed by atoms with van der Waals surface area (Å²) in [5, 5.41) is 16.9. The van der Waals surface area contributed by atoms with Crippen molar-refractivity contribution in [1.29, 1.82) is 0 Å². The van der Waals surface area contributed by atoms with Crippen LogP contribution in [0.5, 0.6) is 0 Å². The zero-order valence-corrected chi connectivity index (χ0v) is 24.9. The van der Waals surface area contributed by atoms with E-state index in [0.717, 1.165) is 43.8 Å². The standard InChI is InChI=1S/C30H34ClFN4O5S/c1-35-27-7-3-2-6-23(27)28(34-35)29(38)33-26-15-25(32)19(14-24(26)31)13-21(37)17-42-36-12-4-5-20(36)16-41-22-10-8-18(9-11-22)30(39)40/h2-3,6-7,14-15,18,20,22H,4-5,8-13,16-17H2,1H3,(H,33,38)(H,39,40)/t18-,20-,22-/m0/s1. The number of carbonyl (C=O) groups excluding carboxylic acids is 2. The van der Waals surface area contributed by atoms with Crippen LogP contribution in [0.3, 0.4) is 0 Å². The maximum atomic E-state index is 15.0. The number of aromatic nitrogens is 2. The first-order chi connectivity index (χ1) is 20.2. The third kappa shape index (κ3) is 7.14. The van der Waals surface area contributed by atoms with Gasteiger partial charge in [-0.2, -0.15) is 5.10 Å². The molecule has 9 nitrogen and oxygen atoms in total. The number of carboxylic acids is 1. The van der Waals surface area contributed by atoms with E-state index < -0.39 is 17.7 Å². The van der Waals surface area contributed by atoms with Crippen LogP contribution in [0.25, 0.3) is 10.9 Å². The van der Waals surface area contributed by atoms with Crippen LogP contribution in [0.15, 0.2) is 36.4 Å². The highest BCUT2D eigenvalue weighted by atomic mass is 35.5. The summed E-state index contributed by atoms with van der Waals surface area (Å²) in [7, 11) is 1.74. The van der Waals surface area contributed by atoms with E-state index in [1.165, 1.54) is 18.0 Å². The number of fused-ring (bicyclic) bond motifs is 1. The fourth-order valence-electron chi connectivity index (χ4n) is 5.67. The zero-order valence-electron chi connectivity index (χ0n) is 23.4. The summed E-state index contributed by atoms with van der Waals surface area (Å²) in [6.45, 7) is 1.40. The molecule has 0 spiro atoms. The molecule has 224 valence electrons. The molecule has 2 aromatic carbocycles. The Labute approximate surface area is 252 Å². The van der Waals surface area contributed by atoms with E-state index in [0.29, 0.717) is 24.8 Å². The Morgan fingerprint density at radius 1 is 1.17 bits per heavy atom. The maximum absolute atomic E-state index is 15.0. The molecular formula is C30H34ClFN4O5S. The topological polar surface area (TPSA) is 114 Å². The van der Waals surface area contributed by atoms with Crippen molar-refractivity contribution in [2.75, 3.05) is 24.2 Å². The van der Waals surface area contributed by atoms with Gasteiger partial charge in [0.2, 0.25) is 0 Å². The highest BCUT2D eigenvalue weighted by molar-refractivity contribution is 7.97. The van der Waals surface area contributed by atoms with Crippen LogP contribution in [-0.4, -0.2) is 67.9 Å². The van der Waals surface area contributed by atoms with E-state index >= 15 is 4.39 Å². The first kappa shape index (κ1) is 30.5. The SMILES string of the molecule is Cn1nc(C(=O)Nc2cc(F)c(CC(=O)CSN3CCC[C@H]3CO[C@H]3CC[C@H](C(=O)O)CC3)cc2Cl)c2ccccc21. The van der Waals surface area contributed by atoms with Gasteiger partial charge in [0.1, 0.15) is 11.6 Å². The van der Waals surface area contributed by atoms with Gasteiger partial charge in [-0.3, -0.25) is 19.1 Å². The van der Waals surface area contributed by atoms with Crippen molar-refractivity contribution < 1.29 is 28.6 Å². The number of nitrogens with zero attached hydrogens (tertiary/aromatic N) is 3. The van der Waals surface area contributed by atoms with Crippen molar-refractivity contribution in [2.45, 2.75) is 57.1 Å². The molecule has 0 radical (unpaired) electrons. The number of carboxylic acid groups (broad SMARTS) is 1. The van der Waals surface area contributed by atoms with Crippen molar-refractivity contribution in [3.05, 3.63) is 58.5 Å². The van der Waals surface area contributed by atoms with Gasteiger partial charge < -0.3 is 15.2 Å². The van der Waals surface area contributed by atoms with Crippen LogP contribution < -0.4 is 5.32 Å². The summed E-state index contributed by atoms with van der Waals surface area (Å²) in [4.78, 5) is 36.9. The number of anilines is 1. The lowest BCUT2D eigenvalue weighted by Crippen LogP contribution is -2.33. The van der Waals surface area contributed by atoms with Crippen LogP contribution in [0.4, 0.5) is 10.1 Å². The van der Waals surface area contributed by atoms with Crippen molar-refractivity contribution in [3.8, 4) is 0 Å². The molecule has 2 fully saturated rings. The fraction of sp³-hybridized carbons (Fsp3) is 0.467. The molecule has 3 aromatic rings. The number of ether oxygens (including phenoxy) is 1. The average Bonchev–Trinajstić information content (AvgIpc) is 3.57. The average molecular weight is 617 g/mol. The van der Waals surface area contributed by atoms with Crippen molar-refractivity contribution in [3.63, 3.8) is 0 Å². The molecule has 1 saturated carbocycles. The van der Waals surface area contributed by atoms with Gasteiger partial charge in [-0.15, -0.1) is 0 Å². The molecular weight excluding hydrogens is 583 g/mol. The number of Topliss-reactive ketones (excluding diaryl/α,β-unsaturated/α-hetero) is 1. The minimum atomic E-state index is -0.726. The van der Waals surface area contributed by atoms with Crippen molar-refractivity contribution in [2.24, 2.45) is 13.0 Å². The lowest BCUT2D eigenvalue weighted by molar-refractivity contribution is -0.143. The number of benzene rings is 2. The number of carbonyl (C=O) groups is 3. The summed E-state index contributed by atoms with van der Waals surface area (Å²) < 4.78 is 24.9.